The molecule has 0 aliphatic carbocycles. The van der Waals surface area contributed by atoms with Gasteiger partial charge in [0.1, 0.15) is 30.0 Å². The highest BCUT2D eigenvalue weighted by molar-refractivity contribution is 6.05. The summed E-state index contributed by atoms with van der Waals surface area (Å²) in [4.78, 5) is 38.6. The van der Waals surface area contributed by atoms with E-state index < -0.39 is 5.79 Å². The van der Waals surface area contributed by atoms with Gasteiger partial charge in [-0.3, -0.25) is 15.0 Å². The van der Waals surface area contributed by atoms with Gasteiger partial charge in [-0.25, -0.2) is 14.8 Å². The number of hydrogen-bond donors (Lipinski definition) is 2. The quantitative estimate of drug-likeness (QED) is 0.564. The molecule has 190 valence electrons. The van der Waals surface area contributed by atoms with E-state index in [0.29, 0.717) is 43.7 Å². The van der Waals surface area contributed by atoms with Gasteiger partial charge in [0, 0.05) is 31.9 Å². The van der Waals surface area contributed by atoms with Crippen LogP contribution in [0.1, 0.15) is 30.8 Å². The fourth-order valence-electron chi connectivity index (χ4n) is 4.63. The first-order valence-corrected chi connectivity index (χ1v) is 12.0. The van der Waals surface area contributed by atoms with Gasteiger partial charge in [-0.15, -0.1) is 6.58 Å². The molecule has 3 amide bonds. The second-order valence-corrected chi connectivity index (χ2v) is 9.37. The molecule has 1 unspecified atom stereocenters. The van der Waals surface area contributed by atoms with Gasteiger partial charge in [0.2, 0.25) is 0 Å². The highest BCUT2D eigenvalue weighted by Crippen LogP contribution is 2.39. The van der Waals surface area contributed by atoms with Crippen LogP contribution < -0.4 is 25.2 Å². The standard InChI is InChI=1S/C25H30N6O5/c1-4-9-27-23(32)19-5-6-20-22(28-19)31(16-8-11-30(20)13-16)24(33)29-21-12-17(7-10-26-21)34-14-18-15-35-25(2,3)36-18/h4-7,10,12,16,18H,1,8-9,11,13-15H2,2-3H3,(H,27,32)(H,26,29,33)/t16-,18?/m0/s1. The second kappa shape index (κ2) is 9.75. The van der Waals surface area contributed by atoms with Crippen molar-refractivity contribution < 1.29 is 23.8 Å². The molecule has 2 N–H and O–H groups in total. The van der Waals surface area contributed by atoms with Gasteiger partial charge >= 0.3 is 6.03 Å². The Morgan fingerprint density at radius 3 is 2.97 bits per heavy atom. The van der Waals surface area contributed by atoms with Crippen LogP contribution in [0.4, 0.5) is 22.1 Å². The Bertz CT molecular complexity index is 1170. The molecule has 2 saturated heterocycles. The molecule has 2 aromatic rings. The lowest BCUT2D eigenvalue weighted by Crippen LogP contribution is -2.48. The summed E-state index contributed by atoms with van der Waals surface area (Å²) in [5, 5.41) is 5.59. The molecule has 2 aromatic heterocycles. The van der Waals surface area contributed by atoms with Gasteiger partial charge in [-0.1, -0.05) is 6.08 Å². The second-order valence-electron chi connectivity index (χ2n) is 9.37. The van der Waals surface area contributed by atoms with Crippen LogP contribution in [0.25, 0.3) is 0 Å². The minimum Gasteiger partial charge on any atom is -0.491 e. The van der Waals surface area contributed by atoms with Crippen molar-refractivity contribution in [1.82, 2.24) is 15.3 Å². The zero-order valence-electron chi connectivity index (χ0n) is 20.4. The van der Waals surface area contributed by atoms with Gasteiger partial charge < -0.3 is 24.4 Å². The van der Waals surface area contributed by atoms with Crippen LogP contribution in [-0.4, -0.2) is 72.7 Å². The van der Waals surface area contributed by atoms with Crippen LogP contribution in [-0.2, 0) is 9.47 Å². The molecule has 2 bridgehead atoms. The smallest absolute Gasteiger partial charge is 0.329 e. The predicted octanol–water partition coefficient (Wildman–Crippen LogP) is 2.55. The van der Waals surface area contributed by atoms with Gasteiger partial charge in [0.05, 0.1) is 18.3 Å². The molecule has 0 radical (unpaired) electrons. The highest BCUT2D eigenvalue weighted by Gasteiger charge is 2.40. The molecule has 0 spiro atoms. The van der Waals surface area contributed by atoms with Crippen molar-refractivity contribution in [3.8, 4) is 5.75 Å². The third kappa shape index (κ3) is 4.98. The molecule has 5 heterocycles. The molecule has 11 nitrogen and oxygen atoms in total. The number of fused-ring (bicyclic) bond motifs is 4. The van der Waals surface area contributed by atoms with E-state index >= 15 is 0 Å². The van der Waals surface area contributed by atoms with Crippen molar-refractivity contribution in [1.29, 1.82) is 0 Å². The van der Waals surface area contributed by atoms with E-state index in [4.69, 9.17) is 14.2 Å². The minimum absolute atomic E-state index is 0.0567. The molecule has 2 fully saturated rings. The SMILES string of the molecule is C=CCNC(=O)c1ccc2c(n1)N(C(=O)Nc1cc(OCC3COC(C)(C)O3)ccn1)[C@H]1CCN2C1. The number of rotatable bonds is 7. The van der Waals surface area contributed by atoms with Crippen LogP contribution in [0.2, 0.25) is 0 Å². The number of carbonyl (C=O) groups excluding carboxylic acids is 2. The molecule has 5 rings (SSSR count). The fraction of sp³-hybridized carbons (Fsp3) is 0.440. The number of aromatic nitrogens is 2. The van der Waals surface area contributed by atoms with Crippen molar-refractivity contribution >= 4 is 29.3 Å². The number of hydrogen-bond acceptors (Lipinski definition) is 8. The number of urea groups is 1. The summed E-state index contributed by atoms with van der Waals surface area (Å²) in [5.74, 6) is 0.423. The average molecular weight is 495 g/mol. The number of nitrogens with one attached hydrogen (secondary N) is 2. The van der Waals surface area contributed by atoms with E-state index in [9.17, 15) is 9.59 Å². The number of pyridine rings is 2. The van der Waals surface area contributed by atoms with E-state index in [1.807, 2.05) is 19.9 Å². The summed E-state index contributed by atoms with van der Waals surface area (Å²) in [6, 6.07) is 6.48. The fourth-order valence-corrected chi connectivity index (χ4v) is 4.63. The predicted molar refractivity (Wildman–Crippen MR) is 134 cm³/mol. The zero-order valence-corrected chi connectivity index (χ0v) is 20.4. The maximum Gasteiger partial charge on any atom is 0.329 e. The summed E-state index contributed by atoms with van der Waals surface area (Å²) in [6.45, 7) is 9.97. The molecular formula is C25H30N6O5. The Hall–Kier alpha value is -3.70. The van der Waals surface area contributed by atoms with Gasteiger partial charge in [-0.2, -0.15) is 0 Å². The summed E-state index contributed by atoms with van der Waals surface area (Å²) in [5.41, 5.74) is 1.07. The molecule has 2 atom stereocenters. The lowest BCUT2D eigenvalue weighted by Gasteiger charge is -2.35. The summed E-state index contributed by atoms with van der Waals surface area (Å²) >= 11 is 0. The Kier molecular flexibility index (Phi) is 6.50. The topological polar surface area (TPSA) is 118 Å². The minimum atomic E-state index is -0.619. The summed E-state index contributed by atoms with van der Waals surface area (Å²) < 4.78 is 17.2. The van der Waals surface area contributed by atoms with Gasteiger partial charge in [0.15, 0.2) is 11.6 Å². The number of ether oxygens (including phenoxy) is 3. The van der Waals surface area contributed by atoms with Crippen molar-refractivity contribution in [2.75, 3.05) is 48.0 Å². The Morgan fingerprint density at radius 2 is 2.19 bits per heavy atom. The van der Waals surface area contributed by atoms with Gasteiger partial charge in [-0.05, 0) is 38.5 Å². The van der Waals surface area contributed by atoms with E-state index in [0.717, 1.165) is 18.7 Å². The third-order valence-corrected chi connectivity index (χ3v) is 6.28. The third-order valence-electron chi connectivity index (χ3n) is 6.28. The molecule has 3 aliphatic heterocycles. The Balaban J connectivity index is 1.30. The summed E-state index contributed by atoms with van der Waals surface area (Å²) in [6.07, 6.45) is 3.80. The molecule has 0 aromatic carbocycles. The van der Waals surface area contributed by atoms with Crippen molar-refractivity contribution in [3.63, 3.8) is 0 Å². The number of nitrogens with zero attached hydrogens (tertiary/aromatic N) is 4. The first kappa shape index (κ1) is 24.0. The number of anilines is 3. The highest BCUT2D eigenvalue weighted by atomic mass is 16.7. The van der Waals surface area contributed by atoms with E-state index in [-0.39, 0.29) is 29.8 Å². The van der Waals surface area contributed by atoms with E-state index in [1.54, 1.807) is 35.4 Å². The lowest BCUT2D eigenvalue weighted by molar-refractivity contribution is -0.141. The van der Waals surface area contributed by atoms with Crippen LogP contribution >= 0.6 is 0 Å². The van der Waals surface area contributed by atoms with E-state index in [2.05, 4.69) is 32.1 Å². The first-order chi connectivity index (χ1) is 17.3. The maximum atomic E-state index is 13.4. The van der Waals surface area contributed by atoms with Crippen LogP contribution in [0.3, 0.4) is 0 Å². The molecular weight excluding hydrogens is 464 g/mol. The van der Waals surface area contributed by atoms with E-state index in [1.165, 1.54) is 0 Å². The van der Waals surface area contributed by atoms with Crippen molar-refractivity contribution in [2.24, 2.45) is 0 Å². The number of carbonyl (C=O) groups is 2. The average Bonchev–Trinajstić information content (AvgIpc) is 3.44. The molecule has 3 aliphatic rings. The Labute approximate surface area is 209 Å². The van der Waals surface area contributed by atoms with Crippen LogP contribution in [0, 0.1) is 0 Å². The van der Waals surface area contributed by atoms with Crippen LogP contribution in [0.5, 0.6) is 5.75 Å². The number of amides is 3. The molecule has 36 heavy (non-hydrogen) atoms. The lowest BCUT2D eigenvalue weighted by atomic mass is 10.1. The van der Waals surface area contributed by atoms with Crippen molar-refractivity contribution in [3.05, 3.63) is 48.8 Å². The largest absolute Gasteiger partial charge is 0.491 e. The zero-order chi connectivity index (χ0) is 25.3. The summed E-state index contributed by atoms with van der Waals surface area (Å²) in [7, 11) is 0. The van der Waals surface area contributed by atoms with Crippen LogP contribution in [0.15, 0.2) is 43.1 Å². The monoisotopic (exact) mass is 494 g/mol. The normalized spacial score (nSPS) is 21.6. The first-order valence-electron chi connectivity index (χ1n) is 12.0. The Morgan fingerprint density at radius 1 is 1.33 bits per heavy atom. The maximum absolute atomic E-state index is 13.4. The molecule has 0 saturated carbocycles. The van der Waals surface area contributed by atoms with Gasteiger partial charge in [0.25, 0.3) is 5.91 Å². The van der Waals surface area contributed by atoms with Crippen molar-refractivity contribution in [2.45, 2.75) is 38.2 Å². The molecule has 11 heteroatoms.